The van der Waals surface area contributed by atoms with Crippen LogP contribution >= 0.6 is 0 Å². The lowest BCUT2D eigenvalue weighted by Crippen LogP contribution is -2.18. The van der Waals surface area contributed by atoms with E-state index in [0.717, 1.165) is 35.5 Å². The third-order valence-corrected chi connectivity index (χ3v) is 5.94. The summed E-state index contributed by atoms with van der Waals surface area (Å²) >= 11 is 0. The van der Waals surface area contributed by atoms with Crippen LogP contribution in [0.25, 0.3) is 0 Å². The zero-order chi connectivity index (χ0) is 21.3. The molecule has 2 aromatic carbocycles. The number of primary sulfonamides is 1. The number of aromatic nitrogens is 2. The van der Waals surface area contributed by atoms with Crippen molar-refractivity contribution in [2.24, 2.45) is 10.2 Å². The van der Waals surface area contributed by atoms with Crippen molar-refractivity contribution in [3.63, 3.8) is 0 Å². The van der Waals surface area contributed by atoms with Crippen LogP contribution in [0.15, 0.2) is 70.9 Å². The molecule has 3 aromatic rings. The molecule has 0 amide bonds. The van der Waals surface area contributed by atoms with Gasteiger partial charge in [-0.25, -0.2) is 13.6 Å². The molecular formula is C21H23N5O3S. The van der Waals surface area contributed by atoms with Crippen molar-refractivity contribution in [2.45, 2.75) is 37.2 Å². The van der Waals surface area contributed by atoms with Crippen LogP contribution < -0.4 is 10.1 Å². The summed E-state index contributed by atoms with van der Waals surface area (Å²) in [6.07, 6.45) is 5.46. The van der Waals surface area contributed by atoms with Crippen LogP contribution in [0.1, 0.15) is 36.9 Å². The maximum atomic E-state index is 11.6. The Kier molecular flexibility index (Phi) is 5.31. The highest BCUT2D eigenvalue weighted by molar-refractivity contribution is 7.89. The monoisotopic (exact) mass is 425 g/mol. The molecule has 0 spiro atoms. The zero-order valence-electron chi connectivity index (χ0n) is 16.5. The summed E-state index contributed by atoms with van der Waals surface area (Å²) in [4.78, 5) is 0.0509. The Balaban J connectivity index is 1.73. The second kappa shape index (κ2) is 7.92. The lowest BCUT2D eigenvalue weighted by molar-refractivity contribution is 0.475. The van der Waals surface area contributed by atoms with E-state index in [1.165, 1.54) is 12.1 Å². The minimum absolute atomic E-state index is 0.0509. The van der Waals surface area contributed by atoms with Gasteiger partial charge in [-0.15, -0.1) is 0 Å². The quantitative estimate of drug-likeness (QED) is 0.630. The highest BCUT2D eigenvalue weighted by Gasteiger charge is 2.31. The standard InChI is InChI=1S/C21H23N5O3S/c1-2-10-25-14-16(13-23-25)21-12-20(15-4-3-5-18(27)11-15)24-26(21)17-6-8-19(9-7-17)30(22,28)29/h3-9,11,13-14,21,27H,2,10,12H2,1H3,(H2,22,28,29)/t21-/m1/s1. The average molecular weight is 426 g/mol. The van der Waals surface area contributed by atoms with Crippen molar-refractivity contribution >= 4 is 21.4 Å². The van der Waals surface area contributed by atoms with Gasteiger partial charge in [0, 0.05) is 30.3 Å². The normalized spacial score (nSPS) is 16.7. The predicted molar refractivity (Wildman–Crippen MR) is 115 cm³/mol. The number of hydrogen-bond acceptors (Lipinski definition) is 6. The number of nitrogens with two attached hydrogens (primary N) is 1. The Bertz CT molecular complexity index is 1190. The highest BCUT2D eigenvalue weighted by atomic mass is 32.2. The summed E-state index contributed by atoms with van der Waals surface area (Å²) in [5, 5.41) is 26.2. The zero-order valence-corrected chi connectivity index (χ0v) is 17.3. The SMILES string of the molecule is CCCn1cc([C@H]2CC(c3cccc(O)c3)=NN2c2ccc(S(N)(=O)=O)cc2)cn1. The number of anilines is 1. The highest BCUT2D eigenvalue weighted by Crippen LogP contribution is 2.37. The van der Waals surface area contributed by atoms with E-state index in [9.17, 15) is 13.5 Å². The second-order valence-corrected chi connectivity index (χ2v) is 8.80. The van der Waals surface area contributed by atoms with Gasteiger partial charge in [-0.3, -0.25) is 9.69 Å². The fraction of sp³-hybridized carbons (Fsp3) is 0.238. The molecule has 0 unspecified atom stereocenters. The minimum Gasteiger partial charge on any atom is -0.508 e. The number of rotatable bonds is 6. The topological polar surface area (TPSA) is 114 Å². The maximum Gasteiger partial charge on any atom is 0.238 e. The van der Waals surface area contributed by atoms with Crippen LogP contribution in [0.3, 0.4) is 0 Å². The Labute approximate surface area is 175 Å². The summed E-state index contributed by atoms with van der Waals surface area (Å²) in [5.74, 6) is 0.179. The lowest BCUT2D eigenvalue weighted by atomic mass is 10.0. The number of hydrogen-bond donors (Lipinski definition) is 2. The first kappa shape index (κ1) is 20.1. The molecular weight excluding hydrogens is 402 g/mol. The molecule has 1 aliphatic rings. The predicted octanol–water partition coefficient (Wildman–Crippen LogP) is 3.00. The summed E-state index contributed by atoms with van der Waals surface area (Å²) < 4.78 is 25.1. The third kappa shape index (κ3) is 4.07. The smallest absolute Gasteiger partial charge is 0.238 e. The van der Waals surface area contributed by atoms with Crippen LogP contribution in [0.5, 0.6) is 5.75 Å². The maximum absolute atomic E-state index is 11.6. The van der Waals surface area contributed by atoms with Gasteiger partial charge in [0.1, 0.15) is 5.75 Å². The largest absolute Gasteiger partial charge is 0.508 e. The average Bonchev–Trinajstić information content (AvgIpc) is 3.35. The van der Waals surface area contributed by atoms with Crippen molar-refractivity contribution in [1.29, 1.82) is 0 Å². The number of nitrogens with zero attached hydrogens (tertiary/aromatic N) is 4. The van der Waals surface area contributed by atoms with Crippen molar-refractivity contribution in [2.75, 3.05) is 5.01 Å². The Hall–Kier alpha value is -3.17. The Morgan fingerprint density at radius 2 is 1.97 bits per heavy atom. The number of hydrazone groups is 1. The van der Waals surface area contributed by atoms with Gasteiger partial charge in [-0.2, -0.15) is 10.2 Å². The molecule has 156 valence electrons. The van der Waals surface area contributed by atoms with E-state index in [1.54, 1.807) is 30.3 Å². The third-order valence-electron chi connectivity index (χ3n) is 5.01. The van der Waals surface area contributed by atoms with Crippen LogP contribution in [0.4, 0.5) is 5.69 Å². The number of phenolic OH excluding ortho intramolecular Hbond substituents is 1. The molecule has 0 aliphatic carbocycles. The number of aryl methyl sites for hydroxylation is 1. The van der Waals surface area contributed by atoms with Crippen LogP contribution in [0, 0.1) is 0 Å². The Morgan fingerprint density at radius 3 is 2.63 bits per heavy atom. The Morgan fingerprint density at radius 1 is 1.20 bits per heavy atom. The number of benzene rings is 2. The molecule has 0 fully saturated rings. The molecule has 9 heteroatoms. The molecule has 0 bridgehead atoms. The molecule has 4 rings (SSSR count). The van der Waals surface area contributed by atoms with Gasteiger partial charge in [-0.05, 0) is 42.8 Å². The molecule has 1 aliphatic heterocycles. The fourth-order valence-corrected chi connectivity index (χ4v) is 4.07. The van der Waals surface area contributed by atoms with Crippen LogP contribution in [-0.4, -0.2) is 29.0 Å². The first-order valence-corrected chi connectivity index (χ1v) is 11.2. The number of aromatic hydroxyl groups is 1. The van der Waals surface area contributed by atoms with E-state index < -0.39 is 10.0 Å². The molecule has 1 atom stereocenters. The molecule has 3 N–H and O–H groups in total. The minimum atomic E-state index is -3.77. The molecule has 2 heterocycles. The van der Waals surface area contributed by atoms with Crippen molar-refractivity contribution in [3.05, 3.63) is 72.1 Å². The van der Waals surface area contributed by atoms with Crippen molar-refractivity contribution < 1.29 is 13.5 Å². The van der Waals surface area contributed by atoms with Gasteiger partial charge in [0.05, 0.1) is 28.5 Å². The van der Waals surface area contributed by atoms with Crippen molar-refractivity contribution in [3.8, 4) is 5.75 Å². The van der Waals surface area contributed by atoms with Gasteiger partial charge in [0.2, 0.25) is 10.0 Å². The van der Waals surface area contributed by atoms with Gasteiger partial charge in [0.25, 0.3) is 0 Å². The van der Waals surface area contributed by atoms with E-state index in [4.69, 9.17) is 10.2 Å². The summed E-state index contributed by atoms with van der Waals surface area (Å²) in [7, 11) is -3.77. The first-order chi connectivity index (χ1) is 14.3. The summed E-state index contributed by atoms with van der Waals surface area (Å²) in [5.41, 5.74) is 3.42. The van der Waals surface area contributed by atoms with Crippen LogP contribution in [0.2, 0.25) is 0 Å². The van der Waals surface area contributed by atoms with E-state index in [2.05, 4.69) is 12.0 Å². The van der Waals surface area contributed by atoms with E-state index in [0.29, 0.717) is 6.42 Å². The molecule has 30 heavy (non-hydrogen) atoms. The first-order valence-electron chi connectivity index (χ1n) is 9.66. The molecule has 0 saturated heterocycles. The van der Waals surface area contributed by atoms with Gasteiger partial charge >= 0.3 is 0 Å². The van der Waals surface area contributed by atoms with E-state index in [1.807, 2.05) is 28.2 Å². The molecule has 0 saturated carbocycles. The van der Waals surface area contributed by atoms with Gasteiger partial charge in [-0.1, -0.05) is 19.1 Å². The van der Waals surface area contributed by atoms with Crippen molar-refractivity contribution in [1.82, 2.24) is 9.78 Å². The van der Waals surface area contributed by atoms with Gasteiger partial charge in [0.15, 0.2) is 0 Å². The second-order valence-electron chi connectivity index (χ2n) is 7.24. The molecule has 8 nitrogen and oxygen atoms in total. The number of phenols is 1. The fourth-order valence-electron chi connectivity index (χ4n) is 3.56. The summed E-state index contributed by atoms with van der Waals surface area (Å²) in [6.45, 7) is 2.93. The summed E-state index contributed by atoms with van der Waals surface area (Å²) in [6, 6.07) is 13.2. The molecule has 1 aromatic heterocycles. The van der Waals surface area contributed by atoms with E-state index in [-0.39, 0.29) is 16.7 Å². The van der Waals surface area contributed by atoms with Crippen LogP contribution in [-0.2, 0) is 16.6 Å². The van der Waals surface area contributed by atoms with Gasteiger partial charge < -0.3 is 5.11 Å². The molecule has 0 radical (unpaired) electrons. The lowest BCUT2D eigenvalue weighted by Gasteiger charge is -2.22. The number of sulfonamides is 1. The van der Waals surface area contributed by atoms with E-state index >= 15 is 0 Å².